The van der Waals surface area contributed by atoms with E-state index in [0.717, 1.165) is 18.9 Å². The predicted molar refractivity (Wildman–Crippen MR) is 68.5 cm³/mol. The van der Waals surface area contributed by atoms with Crippen molar-refractivity contribution >= 4 is 0 Å². The Kier molecular flexibility index (Phi) is 7.01. The van der Waals surface area contributed by atoms with Gasteiger partial charge in [0.05, 0.1) is 0 Å². The Balaban J connectivity index is 2.01. The first-order valence-electron chi connectivity index (χ1n) is 6.72. The molecule has 1 rings (SSSR count). The van der Waals surface area contributed by atoms with Gasteiger partial charge in [0, 0.05) is 6.61 Å². The second kappa shape index (κ2) is 8.04. The van der Waals surface area contributed by atoms with Crippen molar-refractivity contribution in [1.82, 2.24) is 10.2 Å². The van der Waals surface area contributed by atoms with Crippen LogP contribution in [0.5, 0.6) is 0 Å². The third kappa shape index (κ3) is 5.28. The van der Waals surface area contributed by atoms with Gasteiger partial charge < -0.3 is 10.1 Å². The molecule has 1 fully saturated rings. The largest absolute Gasteiger partial charge is 0.363 e. The molecule has 0 spiro atoms. The van der Waals surface area contributed by atoms with Crippen molar-refractivity contribution in [2.24, 2.45) is 5.92 Å². The number of piperidine rings is 1. The summed E-state index contributed by atoms with van der Waals surface area (Å²) < 4.78 is 5.85. The van der Waals surface area contributed by atoms with Crippen LogP contribution in [0.1, 0.15) is 39.0 Å². The number of ether oxygens (including phenoxy) is 1. The first-order chi connectivity index (χ1) is 7.74. The van der Waals surface area contributed by atoms with Crippen molar-refractivity contribution in [3.8, 4) is 0 Å². The molecular weight excluding hydrogens is 200 g/mol. The van der Waals surface area contributed by atoms with Crippen molar-refractivity contribution in [3.63, 3.8) is 0 Å². The topological polar surface area (TPSA) is 24.5 Å². The van der Waals surface area contributed by atoms with Crippen molar-refractivity contribution in [2.45, 2.75) is 45.3 Å². The second-order valence-corrected chi connectivity index (χ2v) is 5.05. The zero-order chi connectivity index (χ0) is 11.8. The summed E-state index contributed by atoms with van der Waals surface area (Å²) in [4.78, 5) is 2.15. The first-order valence-corrected chi connectivity index (χ1v) is 6.72. The Bertz CT molecular complexity index is 167. The number of hydrogen-bond donors (Lipinski definition) is 1. The summed E-state index contributed by atoms with van der Waals surface area (Å²) in [5, 5.41) is 3.46. The minimum absolute atomic E-state index is 0.296. The lowest BCUT2D eigenvalue weighted by Crippen LogP contribution is -2.31. The molecule has 0 saturated carbocycles. The lowest BCUT2D eigenvalue weighted by molar-refractivity contribution is -0.0400. The summed E-state index contributed by atoms with van der Waals surface area (Å²) in [5.74, 6) is 0.886. The van der Waals surface area contributed by atoms with Crippen molar-refractivity contribution < 1.29 is 4.74 Å². The minimum Gasteiger partial charge on any atom is -0.363 e. The average molecular weight is 228 g/mol. The van der Waals surface area contributed by atoms with Crippen molar-refractivity contribution in [1.29, 1.82) is 0 Å². The zero-order valence-corrected chi connectivity index (χ0v) is 11.2. The van der Waals surface area contributed by atoms with E-state index in [-0.39, 0.29) is 0 Å². The fraction of sp³-hybridized carbons (Fsp3) is 1.00. The third-order valence-electron chi connectivity index (χ3n) is 3.39. The van der Waals surface area contributed by atoms with Gasteiger partial charge in [-0.25, -0.2) is 0 Å². The summed E-state index contributed by atoms with van der Waals surface area (Å²) in [6.07, 6.45) is 6.63. The van der Waals surface area contributed by atoms with Gasteiger partial charge in [0.25, 0.3) is 0 Å². The molecule has 0 aromatic rings. The molecule has 3 nitrogen and oxygen atoms in total. The Morgan fingerprint density at radius 1 is 1.44 bits per heavy atom. The smallest absolute Gasteiger partial charge is 0.109 e. The molecule has 1 saturated heterocycles. The maximum atomic E-state index is 5.85. The molecular formula is C13H28N2O. The van der Waals surface area contributed by atoms with E-state index in [1.807, 2.05) is 0 Å². The summed E-state index contributed by atoms with van der Waals surface area (Å²) >= 11 is 0. The maximum absolute atomic E-state index is 5.85. The first kappa shape index (κ1) is 13.9. The molecule has 0 aromatic carbocycles. The van der Waals surface area contributed by atoms with Gasteiger partial charge in [-0.1, -0.05) is 6.92 Å². The van der Waals surface area contributed by atoms with Crippen LogP contribution >= 0.6 is 0 Å². The molecule has 96 valence electrons. The Morgan fingerprint density at radius 3 is 2.81 bits per heavy atom. The van der Waals surface area contributed by atoms with E-state index < -0.39 is 0 Å². The van der Waals surface area contributed by atoms with Crippen molar-refractivity contribution in [3.05, 3.63) is 0 Å². The summed E-state index contributed by atoms with van der Waals surface area (Å²) in [6.45, 7) is 5.51. The number of hydrogen-bond acceptors (Lipinski definition) is 3. The van der Waals surface area contributed by atoms with E-state index in [2.05, 4.69) is 31.2 Å². The van der Waals surface area contributed by atoms with Gasteiger partial charge in [0.1, 0.15) is 6.23 Å². The normalized spacial score (nSPS) is 23.6. The van der Waals surface area contributed by atoms with Crippen LogP contribution in [0.15, 0.2) is 0 Å². The Morgan fingerprint density at radius 2 is 2.25 bits per heavy atom. The van der Waals surface area contributed by atoms with Crippen LogP contribution in [0.3, 0.4) is 0 Å². The third-order valence-corrected chi connectivity index (χ3v) is 3.39. The summed E-state index contributed by atoms with van der Waals surface area (Å²) in [7, 11) is 4.17. The molecule has 0 bridgehead atoms. The molecule has 0 amide bonds. The second-order valence-electron chi connectivity index (χ2n) is 5.05. The summed E-state index contributed by atoms with van der Waals surface area (Å²) in [5.41, 5.74) is 0. The van der Waals surface area contributed by atoms with Crippen LogP contribution in [-0.2, 0) is 4.74 Å². The van der Waals surface area contributed by atoms with Gasteiger partial charge in [0.2, 0.25) is 0 Å². The molecule has 3 heteroatoms. The van der Waals surface area contributed by atoms with Gasteiger partial charge in [-0.3, -0.25) is 4.90 Å². The van der Waals surface area contributed by atoms with E-state index in [9.17, 15) is 0 Å². The van der Waals surface area contributed by atoms with E-state index in [4.69, 9.17) is 4.74 Å². The molecule has 0 aliphatic carbocycles. The van der Waals surface area contributed by atoms with Crippen LogP contribution in [0.2, 0.25) is 0 Å². The number of nitrogens with one attached hydrogen (secondary N) is 1. The fourth-order valence-electron chi connectivity index (χ4n) is 2.39. The molecule has 0 aromatic heterocycles. The Hall–Kier alpha value is -0.120. The lowest BCUT2D eigenvalue weighted by atomic mass is 9.95. The van der Waals surface area contributed by atoms with E-state index in [1.54, 1.807) is 0 Å². The van der Waals surface area contributed by atoms with Gasteiger partial charge in [0.15, 0.2) is 0 Å². The van der Waals surface area contributed by atoms with Crippen LogP contribution in [0.4, 0.5) is 0 Å². The van der Waals surface area contributed by atoms with Crippen LogP contribution in [-0.4, -0.2) is 44.9 Å². The molecule has 0 unspecified atom stereocenters. The molecule has 2 atom stereocenters. The van der Waals surface area contributed by atoms with E-state index in [1.165, 1.54) is 38.8 Å². The highest BCUT2D eigenvalue weighted by molar-refractivity contribution is 4.68. The van der Waals surface area contributed by atoms with E-state index in [0.29, 0.717) is 6.23 Å². The quantitative estimate of drug-likeness (QED) is 0.533. The molecule has 16 heavy (non-hydrogen) atoms. The predicted octanol–water partition coefficient (Wildman–Crippen LogP) is 2.08. The number of nitrogens with zero attached hydrogens (tertiary/aromatic N) is 1. The average Bonchev–Trinajstić information content (AvgIpc) is 2.30. The highest BCUT2D eigenvalue weighted by Gasteiger charge is 2.13. The van der Waals surface area contributed by atoms with E-state index >= 15 is 0 Å². The Labute approximate surface area is 101 Å². The molecule has 1 aliphatic rings. The zero-order valence-electron chi connectivity index (χ0n) is 11.2. The summed E-state index contributed by atoms with van der Waals surface area (Å²) in [6, 6.07) is 0. The molecule has 1 N–H and O–H groups in total. The fourth-order valence-corrected chi connectivity index (χ4v) is 2.39. The highest BCUT2D eigenvalue weighted by Crippen LogP contribution is 2.16. The molecule has 1 aliphatic heterocycles. The molecule has 1 heterocycles. The van der Waals surface area contributed by atoms with Crippen LogP contribution in [0, 0.1) is 5.92 Å². The van der Waals surface area contributed by atoms with Gasteiger partial charge in [-0.05, 0) is 65.2 Å². The van der Waals surface area contributed by atoms with Crippen LogP contribution in [0.25, 0.3) is 0 Å². The lowest BCUT2D eigenvalue weighted by Gasteiger charge is -2.25. The van der Waals surface area contributed by atoms with Crippen molar-refractivity contribution in [2.75, 3.05) is 33.8 Å². The monoisotopic (exact) mass is 228 g/mol. The SMILES string of the molecule is CC[C@H](OCCC[C@@H]1CCCNC1)N(C)C. The maximum Gasteiger partial charge on any atom is 0.109 e. The van der Waals surface area contributed by atoms with Gasteiger partial charge >= 0.3 is 0 Å². The van der Waals surface area contributed by atoms with Gasteiger partial charge in [-0.2, -0.15) is 0 Å². The standard InChI is InChI=1S/C13H28N2O/c1-4-13(15(2)3)16-10-6-8-12-7-5-9-14-11-12/h12-14H,4-11H2,1-3H3/t12-,13-/m0/s1. The van der Waals surface area contributed by atoms with Gasteiger partial charge in [-0.15, -0.1) is 0 Å². The molecule has 0 radical (unpaired) electrons. The highest BCUT2D eigenvalue weighted by atomic mass is 16.5. The minimum atomic E-state index is 0.296. The van der Waals surface area contributed by atoms with Crippen LogP contribution < -0.4 is 5.32 Å². The number of rotatable bonds is 7.